The third-order valence-corrected chi connectivity index (χ3v) is 1.90. The summed E-state index contributed by atoms with van der Waals surface area (Å²) in [5.41, 5.74) is 7.67. The maximum atomic E-state index is 5.91. The fourth-order valence-electron chi connectivity index (χ4n) is 1.01. The van der Waals surface area contributed by atoms with E-state index in [2.05, 4.69) is 6.58 Å². The lowest BCUT2D eigenvalue weighted by Gasteiger charge is -2.21. The topological polar surface area (TPSA) is 26.0 Å². The molecule has 64 valence electrons. The Hall–Kier alpha value is -1.08. The van der Waals surface area contributed by atoms with Crippen LogP contribution in [-0.2, 0) is 0 Å². The highest BCUT2D eigenvalue weighted by atomic mass is 14.7. The Morgan fingerprint density at radius 2 is 1.75 bits per heavy atom. The van der Waals surface area contributed by atoms with Gasteiger partial charge in [0.15, 0.2) is 0 Å². The smallest absolute Gasteiger partial charge is 0.0352 e. The van der Waals surface area contributed by atoms with Gasteiger partial charge < -0.3 is 5.73 Å². The normalized spacial score (nSPS) is 11.2. The first-order valence-corrected chi connectivity index (χ1v) is 4.05. The average Bonchev–Trinajstić information content (AvgIpc) is 2.03. The first-order chi connectivity index (χ1) is 5.52. The molecule has 1 rings (SSSR count). The van der Waals surface area contributed by atoms with Crippen molar-refractivity contribution in [2.75, 3.05) is 0 Å². The summed E-state index contributed by atoms with van der Waals surface area (Å²) < 4.78 is 0. The summed E-state index contributed by atoms with van der Waals surface area (Å²) in [7, 11) is 0. The van der Waals surface area contributed by atoms with Gasteiger partial charge in [0.2, 0.25) is 0 Å². The van der Waals surface area contributed by atoms with E-state index in [4.69, 9.17) is 5.73 Å². The van der Waals surface area contributed by atoms with Crippen LogP contribution in [0.5, 0.6) is 0 Å². The lowest BCUT2D eigenvalue weighted by atomic mass is 9.91. The maximum absolute atomic E-state index is 5.91. The van der Waals surface area contributed by atoms with Gasteiger partial charge in [0.05, 0.1) is 0 Å². The lowest BCUT2D eigenvalue weighted by Crippen LogP contribution is -2.32. The average molecular weight is 161 g/mol. The van der Waals surface area contributed by atoms with Gasteiger partial charge in [-0.15, -0.1) is 0 Å². The van der Waals surface area contributed by atoms with E-state index >= 15 is 0 Å². The molecule has 2 N–H and O–H groups in total. The molecule has 0 aromatic heterocycles. The molecule has 0 bridgehead atoms. The molecule has 0 amide bonds. The lowest BCUT2D eigenvalue weighted by molar-refractivity contribution is 0.676. The number of benzene rings is 1. The van der Waals surface area contributed by atoms with Gasteiger partial charge in [0.1, 0.15) is 0 Å². The van der Waals surface area contributed by atoms with Crippen molar-refractivity contribution >= 4 is 5.57 Å². The largest absolute Gasteiger partial charge is 0.322 e. The Labute approximate surface area is 73.9 Å². The van der Waals surface area contributed by atoms with Crippen molar-refractivity contribution in [3.63, 3.8) is 0 Å². The van der Waals surface area contributed by atoms with E-state index in [9.17, 15) is 0 Å². The highest BCUT2D eigenvalue weighted by molar-refractivity contribution is 5.69. The maximum Gasteiger partial charge on any atom is 0.0352 e. The van der Waals surface area contributed by atoms with Gasteiger partial charge in [-0.25, -0.2) is 0 Å². The second kappa shape index (κ2) is 3.11. The molecular formula is C11H15N. The highest BCUT2D eigenvalue weighted by Gasteiger charge is 2.15. The molecule has 0 radical (unpaired) electrons. The molecule has 0 atom stereocenters. The summed E-state index contributed by atoms with van der Waals surface area (Å²) in [5.74, 6) is 0. The Bertz CT molecular complexity index is 267. The molecule has 1 heteroatoms. The van der Waals surface area contributed by atoms with E-state index in [0.29, 0.717) is 0 Å². The zero-order valence-electron chi connectivity index (χ0n) is 7.67. The molecule has 0 aliphatic rings. The van der Waals surface area contributed by atoms with Crippen molar-refractivity contribution in [3.8, 4) is 0 Å². The Morgan fingerprint density at radius 1 is 1.25 bits per heavy atom. The van der Waals surface area contributed by atoms with Crippen LogP contribution < -0.4 is 5.73 Å². The number of hydrogen-bond donors (Lipinski definition) is 1. The van der Waals surface area contributed by atoms with Crippen LogP contribution in [0.15, 0.2) is 36.9 Å². The predicted octanol–water partition coefficient (Wildman–Crippen LogP) is 2.44. The van der Waals surface area contributed by atoms with Gasteiger partial charge in [0, 0.05) is 5.54 Å². The Kier molecular flexibility index (Phi) is 2.34. The zero-order valence-corrected chi connectivity index (χ0v) is 7.67. The van der Waals surface area contributed by atoms with Crippen LogP contribution in [0.1, 0.15) is 19.4 Å². The predicted molar refractivity (Wildman–Crippen MR) is 53.7 cm³/mol. The van der Waals surface area contributed by atoms with Gasteiger partial charge in [-0.2, -0.15) is 0 Å². The minimum absolute atomic E-state index is 0.332. The van der Waals surface area contributed by atoms with Crippen molar-refractivity contribution < 1.29 is 0 Å². The van der Waals surface area contributed by atoms with Crippen LogP contribution in [0.25, 0.3) is 5.57 Å². The SMILES string of the molecule is C=C(c1ccccc1)C(C)(C)N. The molecule has 1 nitrogen and oxygen atoms in total. The summed E-state index contributed by atoms with van der Waals surface area (Å²) in [6.07, 6.45) is 0. The van der Waals surface area contributed by atoms with E-state index in [1.165, 1.54) is 0 Å². The number of nitrogens with two attached hydrogens (primary N) is 1. The first kappa shape index (κ1) is 9.01. The van der Waals surface area contributed by atoms with E-state index in [0.717, 1.165) is 11.1 Å². The van der Waals surface area contributed by atoms with Crippen molar-refractivity contribution in [2.45, 2.75) is 19.4 Å². The van der Waals surface area contributed by atoms with Crippen LogP contribution in [0.4, 0.5) is 0 Å². The van der Waals surface area contributed by atoms with E-state index < -0.39 is 0 Å². The molecule has 1 aromatic rings. The van der Waals surface area contributed by atoms with Crippen LogP contribution >= 0.6 is 0 Å². The van der Waals surface area contributed by atoms with Gasteiger partial charge in [-0.05, 0) is 25.0 Å². The van der Waals surface area contributed by atoms with E-state index in [1.807, 2.05) is 44.2 Å². The molecule has 12 heavy (non-hydrogen) atoms. The van der Waals surface area contributed by atoms with Crippen molar-refractivity contribution in [2.24, 2.45) is 5.73 Å². The summed E-state index contributed by atoms with van der Waals surface area (Å²) in [5, 5.41) is 0. The van der Waals surface area contributed by atoms with Gasteiger partial charge in [-0.1, -0.05) is 36.9 Å². The fourth-order valence-corrected chi connectivity index (χ4v) is 1.01. The minimum atomic E-state index is -0.332. The van der Waals surface area contributed by atoms with Crippen molar-refractivity contribution in [3.05, 3.63) is 42.5 Å². The van der Waals surface area contributed by atoms with Crippen LogP contribution in [-0.4, -0.2) is 5.54 Å². The summed E-state index contributed by atoms with van der Waals surface area (Å²) in [6, 6.07) is 10.0. The second-order valence-electron chi connectivity index (χ2n) is 3.57. The van der Waals surface area contributed by atoms with Gasteiger partial charge in [-0.3, -0.25) is 0 Å². The molecule has 0 spiro atoms. The molecule has 0 aliphatic carbocycles. The fraction of sp³-hybridized carbons (Fsp3) is 0.273. The zero-order chi connectivity index (χ0) is 9.19. The third-order valence-electron chi connectivity index (χ3n) is 1.90. The molecule has 0 saturated carbocycles. The van der Waals surface area contributed by atoms with Crippen molar-refractivity contribution in [1.29, 1.82) is 0 Å². The monoisotopic (exact) mass is 161 g/mol. The highest BCUT2D eigenvalue weighted by Crippen LogP contribution is 2.21. The second-order valence-corrected chi connectivity index (χ2v) is 3.57. The number of hydrogen-bond acceptors (Lipinski definition) is 1. The molecule has 0 aliphatic heterocycles. The standard InChI is InChI=1S/C11H15N/c1-9(11(2,3)12)10-7-5-4-6-8-10/h4-8H,1,12H2,2-3H3. The van der Waals surface area contributed by atoms with Crippen LogP contribution in [0, 0.1) is 0 Å². The molecule has 0 unspecified atom stereocenters. The molecule has 0 saturated heterocycles. The summed E-state index contributed by atoms with van der Waals surface area (Å²) in [6.45, 7) is 7.89. The third kappa shape index (κ3) is 1.95. The van der Waals surface area contributed by atoms with Gasteiger partial charge >= 0.3 is 0 Å². The van der Waals surface area contributed by atoms with E-state index in [1.54, 1.807) is 0 Å². The van der Waals surface area contributed by atoms with Gasteiger partial charge in [0.25, 0.3) is 0 Å². The molecule has 0 heterocycles. The molecule has 1 aromatic carbocycles. The molecule has 0 fully saturated rings. The minimum Gasteiger partial charge on any atom is -0.322 e. The summed E-state index contributed by atoms with van der Waals surface area (Å²) in [4.78, 5) is 0. The first-order valence-electron chi connectivity index (χ1n) is 4.05. The quantitative estimate of drug-likeness (QED) is 0.708. The Morgan fingerprint density at radius 3 is 2.17 bits per heavy atom. The van der Waals surface area contributed by atoms with Crippen LogP contribution in [0.2, 0.25) is 0 Å². The van der Waals surface area contributed by atoms with Crippen LogP contribution in [0.3, 0.4) is 0 Å². The molecular weight excluding hydrogens is 146 g/mol. The summed E-state index contributed by atoms with van der Waals surface area (Å²) >= 11 is 0. The Balaban J connectivity index is 2.94. The number of rotatable bonds is 2. The van der Waals surface area contributed by atoms with E-state index in [-0.39, 0.29) is 5.54 Å². The van der Waals surface area contributed by atoms with Crippen molar-refractivity contribution in [1.82, 2.24) is 0 Å².